The Morgan fingerprint density at radius 3 is 2.36 bits per heavy atom. The fourth-order valence-electron chi connectivity index (χ4n) is 1.83. The maximum atomic E-state index is 11.8. The second kappa shape index (κ2) is 7.11. The molecule has 0 saturated heterocycles. The van der Waals surface area contributed by atoms with E-state index in [0.717, 1.165) is 4.90 Å². The molecule has 1 heterocycles. The third kappa shape index (κ3) is 4.71. The molecule has 22 heavy (non-hydrogen) atoms. The molecule has 0 aliphatic rings. The minimum atomic E-state index is -0.330. The first-order chi connectivity index (χ1) is 10.4. The zero-order chi connectivity index (χ0) is 16.2. The highest BCUT2D eigenvalue weighted by molar-refractivity contribution is 8.00. The first kappa shape index (κ1) is 16.8. The van der Waals surface area contributed by atoms with E-state index in [0.29, 0.717) is 4.88 Å². The van der Waals surface area contributed by atoms with Gasteiger partial charge in [0.05, 0.1) is 10.6 Å². The molecule has 3 nitrogen and oxygen atoms in total. The number of hydrogen-bond donors (Lipinski definition) is 1. The van der Waals surface area contributed by atoms with Crippen molar-refractivity contribution in [3.05, 3.63) is 52.2 Å². The zero-order valence-electron chi connectivity index (χ0n) is 12.9. The number of hydrogen-bond acceptors (Lipinski definition) is 4. The van der Waals surface area contributed by atoms with Crippen LogP contribution in [-0.2, 0) is 10.2 Å². The molecule has 0 fully saturated rings. The summed E-state index contributed by atoms with van der Waals surface area (Å²) in [5, 5.41) is 4.21. The lowest BCUT2D eigenvalue weighted by Crippen LogP contribution is -2.31. The van der Waals surface area contributed by atoms with E-state index in [1.165, 1.54) is 28.7 Å². The number of benzene rings is 1. The molecule has 0 atom stereocenters. The Bertz CT molecular complexity index is 640. The number of thioether (sulfide) groups is 1. The number of thiophene rings is 1. The van der Waals surface area contributed by atoms with Crippen LogP contribution < -0.4 is 5.32 Å². The molecule has 0 radical (unpaired) electrons. The summed E-state index contributed by atoms with van der Waals surface area (Å²) in [6.45, 7) is 6.50. The van der Waals surface area contributed by atoms with E-state index in [4.69, 9.17) is 0 Å². The first-order valence-electron chi connectivity index (χ1n) is 6.97. The van der Waals surface area contributed by atoms with Gasteiger partial charge in [-0.2, -0.15) is 0 Å². The van der Waals surface area contributed by atoms with Crippen molar-refractivity contribution in [2.24, 2.45) is 0 Å². The Hall–Kier alpha value is -1.59. The van der Waals surface area contributed by atoms with E-state index in [9.17, 15) is 9.59 Å². The number of amides is 2. The summed E-state index contributed by atoms with van der Waals surface area (Å²) in [4.78, 5) is 25.1. The van der Waals surface area contributed by atoms with E-state index in [-0.39, 0.29) is 23.0 Å². The Morgan fingerprint density at radius 1 is 1.14 bits per heavy atom. The maximum absolute atomic E-state index is 11.8. The summed E-state index contributed by atoms with van der Waals surface area (Å²) < 4.78 is 0. The molecule has 1 N–H and O–H groups in total. The molecule has 2 rings (SSSR count). The van der Waals surface area contributed by atoms with Gasteiger partial charge in [-0.3, -0.25) is 14.9 Å². The fraction of sp³-hybridized carbons (Fsp3) is 0.294. The summed E-state index contributed by atoms with van der Waals surface area (Å²) in [5.41, 5.74) is 1.38. The number of rotatable bonds is 4. The smallest absolute Gasteiger partial charge is 0.267 e. The predicted octanol–water partition coefficient (Wildman–Crippen LogP) is 4.09. The van der Waals surface area contributed by atoms with Gasteiger partial charge in [-0.15, -0.1) is 23.1 Å². The van der Waals surface area contributed by atoms with Gasteiger partial charge >= 0.3 is 0 Å². The van der Waals surface area contributed by atoms with Crippen LogP contribution in [0.15, 0.2) is 46.7 Å². The lowest BCUT2D eigenvalue weighted by molar-refractivity contribution is -0.117. The van der Waals surface area contributed by atoms with Crippen LogP contribution in [-0.4, -0.2) is 17.6 Å². The number of carbonyl (C=O) groups is 2. The van der Waals surface area contributed by atoms with Crippen LogP contribution >= 0.6 is 23.1 Å². The SMILES string of the molecule is CC(C)(C)c1ccc(SCC(=O)NC(=O)c2cccs2)cc1. The van der Waals surface area contributed by atoms with Crippen LogP contribution in [0.5, 0.6) is 0 Å². The third-order valence-corrected chi connectivity index (χ3v) is 4.97. The Kier molecular flexibility index (Phi) is 5.42. The molecule has 1 aromatic carbocycles. The van der Waals surface area contributed by atoms with Crippen molar-refractivity contribution >= 4 is 34.9 Å². The average Bonchev–Trinajstić information content (AvgIpc) is 2.99. The molecular weight excluding hydrogens is 314 g/mol. The number of imide groups is 1. The van der Waals surface area contributed by atoms with Gasteiger partial charge in [-0.1, -0.05) is 39.0 Å². The Labute approximate surface area is 139 Å². The first-order valence-corrected chi connectivity index (χ1v) is 8.84. The number of nitrogens with one attached hydrogen (secondary N) is 1. The van der Waals surface area contributed by atoms with Crippen LogP contribution in [0.3, 0.4) is 0 Å². The lowest BCUT2D eigenvalue weighted by atomic mass is 9.87. The molecule has 1 aromatic heterocycles. The largest absolute Gasteiger partial charge is 0.291 e. The molecule has 0 aliphatic carbocycles. The Morgan fingerprint density at radius 2 is 1.82 bits per heavy atom. The standard InChI is InChI=1S/C17H19NO2S2/c1-17(2,3)12-6-8-13(9-7-12)22-11-15(19)18-16(20)14-5-4-10-21-14/h4-10H,11H2,1-3H3,(H,18,19,20). The quantitative estimate of drug-likeness (QED) is 0.857. The maximum Gasteiger partial charge on any atom is 0.267 e. The third-order valence-electron chi connectivity index (χ3n) is 3.09. The van der Waals surface area contributed by atoms with Gasteiger partial charge in [0.1, 0.15) is 0 Å². The van der Waals surface area contributed by atoms with Crippen molar-refractivity contribution in [1.29, 1.82) is 0 Å². The van der Waals surface area contributed by atoms with Gasteiger partial charge in [0.25, 0.3) is 5.91 Å². The fourth-order valence-corrected chi connectivity index (χ4v) is 3.15. The van der Waals surface area contributed by atoms with Crippen molar-refractivity contribution in [2.75, 3.05) is 5.75 Å². The molecule has 5 heteroatoms. The van der Waals surface area contributed by atoms with Crippen LogP contribution in [0.4, 0.5) is 0 Å². The Balaban J connectivity index is 1.85. The van der Waals surface area contributed by atoms with Crippen molar-refractivity contribution in [2.45, 2.75) is 31.1 Å². The molecule has 116 valence electrons. The number of carbonyl (C=O) groups excluding carboxylic acids is 2. The van der Waals surface area contributed by atoms with Gasteiger partial charge in [0, 0.05) is 4.90 Å². The van der Waals surface area contributed by atoms with Crippen molar-refractivity contribution in [1.82, 2.24) is 5.32 Å². The summed E-state index contributed by atoms with van der Waals surface area (Å²) in [7, 11) is 0. The summed E-state index contributed by atoms with van der Waals surface area (Å²) in [6, 6.07) is 11.7. The molecule has 0 unspecified atom stereocenters. The van der Waals surface area contributed by atoms with E-state index in [1.54, 1.807) is 12.1 Å². The summed E-state index contributed by atoms with van der Waals surface area (Å²) >= 11 is 2.75. The molecule has 0 saturated carbocycles. The van der Waals surface area contributed by atoms with Crippen LogP contribution in [0.1, 0.15) is 36.0 Å². The second-order valence-electron chi connectivity index (χ2n) is 5.92. The monoisotopic (exact) mass is 333 g/mol. The van der Waals surface area contributed by atoms with E-state index in [2.05, 4.69) is 38.2 Å². The van der Waals surface area contributed by atoms with Gasteiger partial charge in [-0.25, -0.2) is 0 Å². The van der Waals surface area contributed by atoms with Gasteiger partial charge < -0.3 is 0 Å². The minimum Gasteiger partial charge on any atom is -0.291 e. The van der Waals surface area contributed by atoms with Crippen LogP contribution in [0.25, 0.3) is 0 Å². The summed E-state index contributed by atoms with van der Waals surface area (Å²) in [6.07, 6.45) is 0. The van der Waals surface area contributed by atoms with Crippen LogP contribution in [0.2, 0.25) is 0 Å². The highest BCUT2D eigenvalue weighted by atomic mass is 32.2. The lowest BCUT2D eigenvalue weighted by Gasteiger charge is -2.19. The summed E-state index contributed by atoms with van der Waals surface area (Å²) in [5.74, 6) is -0.376. The molecule has 0 bridgehead atoms. The molecule has 2 aromatic rings. The van der Waals surface area contributed by atoms with Crippen molar-refractivity contribution in [3.63, 3.8) is 0 Å². The second-order valence-corrected chi connectivity index (χ2v) is 7.91. The highest BCUT2D eigenvalue weighted by Gasteiger charge is 2.14. The van der Waals surface area contributed by atoms with Gasteiger partial charge in [-0.05, 0) is 34.6 Å². The van der Waals surface area contributed by atoms with Crippen molar-refractivity contribution in [3.8, 4) is 0 Å². The van der Waals surface area contributed by atoms with Crippen LogP contribution in [0, 0.1) is 0 Å². The normalized spacial score (nSPS) is 11.2. The van der Waals surface area contributed by atoms with Gasteiger partial charge in [0.15, 0.2) is 0 Å². The highest BCUT2D eigenvalue weighted by Crippen LogP contribution is 2.25. The predicted molar refractivity (Wildman–Crippen MR) is 92.7 cm³/mol. The van der Waals surface area contributed by atoms with Crippen molar-refractivity contribution < 1.29 is 9.59 Å². The van der Waals surface area contributed by atoms with Gasteiger partial charge in [0.2, 0.25) is 5.91 Å². The molecule has 2 amide bonds. The molecule has 0 spiro atoms. The van der Waals surface area contributed by atoms with E-state index < -0.39 is 0 Å². The van der Waals surface area contributed by atoms with E-state index >= 15 is 0 Å². The topological polar surface area (TPSA) is 46.2 Å². The minimum absolute atomic E-state index is 0.119. The molecular formula is C17H19NO2S2. The molecule has 0 aliphatic heterocycles. The zero-order valence-corrected chi connectivity index (χ0v) is 14.5. The average molecular weight is 333 g/mol. The van der Waals surface area contributed by atoms with E-state index in [1.807, 2.05) is 17.5 Å².